The standard InChI is InChI=1S/C52H99NO11S/c1-3-5-7-9-11-13-15-17-19-21-22-23-24-26-27-29-31-33-35-37-39-41-46(55)45(44-62-52-50(58)51(64-65(59,60)61)49(57)47(43-54)63-52)53-48(56)42-40-38-36-34-32-30-28-25-20-18-16-14-12-10-8-6-4-2/h18,20,39,41,45-47,49-52,54-55,57-58H,3-17,19,21-38,40,42-44H2,1-2H3,(H,53,56)(H,59,60,61)/b20-18-,41-39+. The van der Waals surface area contributed by atoms with Gasteiger partial charge in [-0.05, 0) is 44.9 Å². The fraction of sp³-hybridized carbons (Fsp3) is 0.904. The molecule has 1 saturated heterocycles. The van der Waals surface area contributed by atoms with Crippen molar-refractivity contribution < 1.29 is 51.8 Å². The van der Waals surface area contributed by atoms with Crippen molar-refractivity contribution in [3.05, 3.63) is 24.3 Å². The van der Waals surface area contributed by atoms with Crippen LogP contribution in [0.25, 0.3) is 0 Å². The van der Waals surface area contributed by atoms with Gasteiger partial charge in [0.1, 0.15) is 24.4 Å². The van der Waals surface area contributed by atoms with Crippen molar-refractivity contribution in [1.82, 2.24) is 5.32 Å². The first kappa shape index (κ1) is 61.6. The molecule has 0 saturated carbocycles. The molecule has 0 aliphatic carbocycles. The van der Waals surface area contributed by atoms with E-state index in [2.05, 4.69) is 35.5 Å². The molecule has 0 spiro atoms. The van der Waals surface area contributed by atoms with E-state index in [4.69, 9.17) is 9.47 Å². The lowest BCUT2D eigenvalue weighted by Crippen LogP contribution is -2.61. The van der Waals surface area contributed by atoms with Crippen LogP contribution in [-0.4, -0.2) is 95.4 Å². The van der Waals surface area contributed by atoms with Crippen molar-refractivity contribution in [2.45, 2.75) is 288 Å². The van der Waals surface area contributed by atoms with Crippen LogP contribution in [0.4, 0.5) is 0 Å². The van der Waals surface area contributed by atoms with E-state index in [1.165, 1.54) is 173 Å². The Labute approximate surface area is 397 Å². The first-order valence-corrected chi connectivity index (χ1v) is 28.1. The van der Waals surface area contributed by atoms with Gasteiger partial charge in [-0.25, -0.2) is 4.18 Å². The molecule has 7 unspecified atom stereocenters. The molecule has 1 aliphatic rings. The van der Waals surface area contributed by atoms with Crippen molar-refractivity contribution in [2.75, 3.05) is 13.2 Å². The highest BCUT2D eigenvalue weighted by Gasteiger charge is 2.48. The number of carbonyl (C=O) groups is 1. The second-order valence-electron chi connectivity index (χ2n) is 18.8. The topological polar surface area (TPSA) is 192 Å². The van der Waals surface area contributed by atoms with E-state index in [0.717, 1.165) is 44.9 Å². The van der Waals surface area contributed by atoms with E-state index >= 15 is 0 Å². The molecule has 13 heteroatoms. The van der Waals surface area contributed by atoms with Gasteiger partial charge in [-0.2, -0.15) is 8.42 Å². The van der Waals surface area contributed by atoms with Gasteiger partial charge in [0.2, 0.25) is 5.91 Å². The van der Waals surface area contributed by atoms with Gasteiger partial charge in [-0.1, -0.05) is 218 Å². The number of allylic oxidation sites excluding steroid dienone is 3. The van der Waals surface area contributed by atoms with Gasteiger partial charge in [-0.3, -0.25) is 9.35 Å². The van der Waals surface area contributed by atoms with Gasteiger partial charge in [0, 0.05) is 6.42 Å². The van der Waals surface area contributed by atoms with E-state index in [9.17, 15) is 38.2 Å². The quantitative estimate of drug-likeness (QED) is 0.0193. The SMILES string of the molecule is CCCCCCCC/C=C\CCCCCCCCCC(=O)NC(COC1OC(CO)C(O)C(OS(=O)(=O)O)C1O)C(O)/C=C/CCCCCCCCCCCCCCCCCCCCC. The van der Waals surface area contributed by atoms with Crippen molar-refractivity contribution >= 4 is 16.3 Å². The molecule has 1 amide bonds. The number of hydrogen-bond acceptors (Lipinski definition) is 10. The summed E-state index contributed by atoms with van der Waals surface area (Å²) in [4.78, 5) is 13.1. The van der Waals surface area contributed by atoms with Crippen molar-refractivity contribution in [2.24, 2.45) is 0 Å². The third-order valence-corrected chi connectivity index (χ3v) is 13.2. The van der Waals surface area contributed by atoms with Crippen LogP contribution in [0.1, 0.15) is 245 Å². The lowest BCUT2D eigenvalue weighted by atomic mass is 9.99. The predicted octanol–water partition coefficient (Wildman–Crippen LogP) is 11.7. The summed E-state index contributed by atoms with van der Waals surface area (Å²) in [7, 11) is -5.09. The predicted molar refractivity (Wildman–Crippen MR) is 264 cm³/mol. The Morgan fingerprint density at radius 3 is 1.38 bits per heavy atom. The first-order valence-electron chi connectivity index (χ1n) is 26.7. The zero-order valence-electron chi connectivity index (χ0n) is 41.3. The molecule has 0 bridgehead atoms. The number of aliphatic hydroxyl groups is 4. The number of unbranched alkanes of at least 4 members (excludes halogenated alkanes) is 32. The van der Waals surface area contributed by atoms with Gasteiger partial charge in [0.15, 0.2) is 6.29 Å². The van der Waals surface area contributed by atoms with Crippen LogP contribution in [0.15, 0.2) is 24.3 Å². The van der Waals surface area contributed by atoms with E-state index in [1.54, 1.807) is 6.08 Å². The number of ether oxygens (including phenoxy) is 2. The molecule has 1 aliphatic heterocycles. The number of carbonyl (C=O) groups excluding carboxylic acids is 1. The summed E-state index contributed by atoms with van der Waals surface area (Å²) in [5.41, 5.74) is 0. The van der Waals surface area contributed by atoms with E-state index in [-0.39, 0.29) is 18.9 Å². The summed E-state index contributed by atoms with van der Waals surface area (Å²) >= 11 is 0. The molecule has 7 atom stereocenters. The van der Waals surface area contributed by atoms with Crippen LogP contribution in [-0.2, 0) is 28.9 Å². The fourth-order valence-corrected chi connectivity index (χ4v) is 9.08. The number of hydrogen-bond donors (Lipinski definition) is 6. The Hall–Kier alpha value is -1.42. The minimum absolute atomic E-state index is 0.265. The van der Waals surface area contributed by atoms with Gasteiger partial charge in [0.05, 0.1) is 25.4 Å². The Morgan fingerprint density at radius 2 is 0.985 bits per heavy atom. The molecule has 0 aromatic heterocycles. The Balaban J connectivity index is 2.44. The Kier molecular flexibility index (Phi) is 40.4. The molecule has 384 valence electrons. The third-order valence-electron chi connectivity index (χ3n) is 12.7. The average molecular weight is 946 g/mol. The second-order valence-corrected chi connectivity index (χ2v) is 19.9. The van der Waals surface area contributed by atoms with Crippen molar-refractivity contribution in [3.8, 4) is 0 Å². The number of amides is 1. The van der Waals surface area contributed by atoms with Crippen LogP contribution < -0.4 is 5.32 Å². The summed E-state index contributed by atoms with van der Waals surface area (Å²) in [6.45, 7) is 3.41. The highest BCUT2D eigenvalue weighted by atomic mass is 32.3. The summed E-state index contributed by atoms with van der Waals surface area (Å²) in [5, 5.41) is 44.9. The molecule has 1 fully saturated rings. The van der Waals surface area contributed by atoms with Crippen molar-refractivity contribution in [3.63, 3.8) is 0 Å². The van der Waals surface area contributed by atoms with Crippen LogP contribution in [0, 0.1) is 0 Å². The molecule has 6 N–H and O–H groups in total. The van der Waals surface area contributed by atoms with Crippen LogP contribution in [0.5, 0.6) is 0 Å². The summed E-state index contributed by atoms with van der Waals surface area (Å²) in [6, 6.07) is -0.945. The van der Waals surface area contributed by atoms with Gasteiger partial charge < -0.3 is 35.2 Å². The Morgan fingerprint density at radius 1 is 0.600 bits per heavy atom. The highest BCUT2D eigenvalue weighted by molar-refractivity contribution is 7.80. The number of nitrogens with one attached hydrogen (secondary N) is 1. The second kappa shape index (κ2) is 42.7. The third kappa shape index (κ3) is 35.4. The van der Waals surface area contributed by atoms with Gasteiger partial charge in [-0.15, -0.1) is 0 Å². The minimum atomic E-state index is -5.09. The molecule has 65 heavy (non-hydrogen) atoms. The lowest BCUT2D eigenvalue weighted by Gasteiger charge is -2.41. The zero-order chi connectivity index (χ0) is 47.6. The maximum Gasteiger partial charge on any atom is 0.397 e. The van der Waals surface area contributed by atoms with Gasteiger partial charge >= 0.3 is 10.4 Å². The maximum absolute atomic E-state index is 13.1. The van der Waals surface area contributed by atoms with Gasteiger partial charge in [0.25, 0.3) is 0 Å². The summed E-state index contributed by atoms with van der Waals surface area (Å²) in [6.07, 6.45) is 42.1. The average Bonchev–Trinajstić information content (AvgIpc) is 3.28. The molecule has 1 rings (SSSR count). The Bertz CT molecular complexity index is 1250. The number of aliphatic hydroxyl groups excluding tert-OH is 4. The lowest BCUT2D eigenvalue weighted by molar-refractivity contribution is -0.298. The minimum Gasteiger partial charge on any atom is -0.394 e. The molecule has 1 heterocycles. The zero-order valence-corrected chi connectivity index (χ0v) is 42.1. The molecule has 0 aromatic rings. The van der Waals surface area contributed by atoms with Crippen LogP contribution in [0.3, 0.4) is 0 Å². The highest BCUT2D eigenvalue weighted by Crippen LogP contribution is 2.26. The largest absolute Gasteiger partial charge is 0.397 e. The molecular weight excluding hydrogens is 847 g/mol. The van der Waals surface area contributed by atoms with E-state index < -0.39 is 59.9 Å². The fourth-order valence-electron chi connectivity index (χ4n) is 8.57. The molecule has 0 radical (unpaired) electrons. The normalized spacial score (nSPS) is 20.3. The maximum atomic E-state index is 13.1. The van der Waals surface area contributed by atoms with Crippen LogP contribution >= 0.6 is 0 Å². The summed E-state index contributed by atoms with van der Waals surface area (Å²) < 4.78 is 47.7. The molecule has 12 nitrogen and oxygen atoms in total. The first-order chi connectivity index (χ1) is 31.5. The van der Waals surface area contributed by atoms with Crippen LogP contribution in [0.2, 0.25) is 0 Å². The monoisotopic (exact) mass is 946 g/mol. The van der Waals surface area contributed by atoms with E-state index in [0.29, 0.717) is 6.42 Å². The summed E-state index contributed by atoms with van der Waals surface area (Å²) in [5.74, 6) is -0.265. The molecular formula is C52H99NO11S. The molecule has 0 aromatic carbocycles. The smallest absolute Gasteiger partial charge is 0.394 e. The number of rotatable bonds is 46. The van der Waals surface area contributed by atoms with Crippen molar-refractivity contribution in [1.29, 1.82) is 0 Å². The van der Waals surface area contributed by atoms with E-state index in [1.807, 2.05) is 6.08 Å².